The van der Waals surface area contributed by atoms with Gasteiger partial charge in [0.2, 0.25) is 30.1 Å². The lowest BCUT2D eigenvalue weighted by atomic mass is 10.0. The van der Waals surface area contributed by atoms with Gasteiger partial charge in [0, 0.05) is 50.4 Å². The first-order valence-corrected chi connectivity index (χ1v) is 15.6. The molecule has 1 amide bonds. The third kappa shape index (κ3) is 5.39. The summed E-state index contributed by atoms with van der Waals surface area (Å²) in [5.41, 5.74) is -1.67. The third-order valence-corrected chi connectivity index (χ3v) is 9.71. The lowest BCUT2D eigenvalue weighted by Crippen LogP contribution is -2.56. The Morgan fingerprint density at radius 1 is 0.727 bits per heavy atom. The number of rotatable bonds is 3. The summed E-state index contributed by atoms with van der Waals surface area (Å²) < 4.78 is 77.2. The molecular formula is C18H28N4O8S3. The van der Waals surface area contributed by atoms with Gasteiger partial charge in [-0.2, -0.15) is 12.9 Å². The van der Waals surface area contributed by atoms with E-state index in [-0.39, 0.29) is 50.4 Å². The van der Waals surface area contributed by atoms with Gasteiger partial charge < -0.3 is 10.0 Å². The van der Waals surface area contributed by atoms with E-state index < -0.39 is 48.2 Å². The van der Waals surface area contributed by atoms with Gasteiger partial charge in [0.15, 0.2) is 5.72 Å². The van der Waals surface area contributed by atoms with Crippen LogP contribution < -0.4 is 0 Å². The number of β-amino-alcohol motifs (C(OH)–C–C–N with tert-alkyl or cyclic N) is 1. The van der Waals surface area contributed by atoms with Gasteiger partial charge in [0.05, 0.1) is 25.3 Å². The fourth-order valence-electron chi connectivity index (χ4n) is 4.09. The van der Waals surface area contributed by atoms with E-state index in [0.29, 0.717) is 0 Å². The van der Waals surface area contributed by atoms with Crippen LogP contribution in [-0.4, -0.2) is 119 Å². The minimum absolute atomic E-state index is 0.187. The Morgan fingerprint density at radius 2 is 1.15 bits per heavy atom. The number of aliphatic hydroxyl groups is 1. The van der Waals surface area contributed by atoms with Crippen LogP contribution >= 0.6 is 0 Å². The summed E-state index contributed by atoms with van der Waals surface area (Å²) in [5.74, 6) is -0.551. The summed E-state index contributed by atoms with van der Waals surface area (Å²) in [6.45, 7) is -1.91. The Kier molecular flexibility index (Phi) is 6.98. The first-order valence-electron chi connectivity index (χ1n) is 10.0. The average molecular weight is 525 g/mol. The topological polar surface area (TPSA) is 153 Å². The molecule has 12 nitrogen and oxygen atoms in total. The monoisotopic (exact) mass is 524 g/mol. The van der Waals surface area contributed by atoms with Gasteiger partial charge >= 0.3 is 0 Å². The van der Waals surface area contributed by atoms with E-state index in [1.165, 1.54) is 12.1 Å². The summed E-state index contributed by atoms with van der Waals surface area (Å²) in [4.78, 5) is 14.2. The van der Waals surface area contributed by atoms with Crippen molar-refractivity contribution in [2.75, 3.05) is 64.6 Å². The second kappa shape index (κ2) is 8.87. The van der Waals surface area contributed by atoms with E-state index in [1.807, 2.05) is 0 Å². The van der Waals surface area contributed by atoms with Crippen molar-refractivity contribution in [2.45, 2.75) is 5.72 Å². The fourth-order valence-corrected chi connectivity index (χ4v) is 6.57. The molecule has 1 aromatic carbocycles. The Bertz CT molecular complexity index is 1250. The highest BCUT2D eigenvalue weighted by molar-refractivity contribution is 7.89. The number of amides is 1. The van der Waals surface area contributed by atoms with Crippen molar-refractivity contribution < 1.29 is 35.2 Å². The summed E-state index contributed by atoms with van der Waals surface area (Å²) in [6, 6.07) is 6.22. The predicted octanol–water partition coefficient (Wildman–Crippen LogP) is -1.91. The molecule has 0 spiro atoms. The summed E-state index contributed by atoms with van der Waals surface area (Å²) >= 11 is 0. The van der Waals surface area contributed by atoms with Crippen molar-refractivity contribution in [1.29, 1.82) is 0 Å². The molecule has 15 heteroatoms. The number of sulfonamides is 3. The molecule has 3 rings (SSSR count). The highest BCUT2D eigenvalue weighted by Gasteiger charge is 2.50. The van der Waals surface area contributed by atoms with Crippen molar-refractivity contribution in [2.24, 2.45) is 0 Å². The minimum Gasteiger partial charge on any atom is -0.366 e. The predicted molar refractivity (Wildman–Crippen MR) is 121 cm³/mol. The van der Waals surface area contributed by atoms with Crippen LogP contribution in [0.3, 0.4) is 0 Å². The normalized spacial score (nSPS) is 25.2. The number of nitrogens with zero attached hydrogens (tertiary/aromatic N) is 4. The maximum absolute atomic E-state index is 13.1. The van der Waals surface area contributed by atoms with E-state index in [1.54, 1.807) is 12.1 Å². The maximum atomic E-state index is 13.1. The van der Waals surface area contributed by atoms with Crippen molar-refractivity contribution in [3.05, 3.63) is 35.4 Å². The van der Waals surface area contributed by atoms with Crippen LogP contribution in [0.15, 0.2) is 24.3 Å². The minimum atomic E-state index is -3.91. The van der Waals surface area contributed by atoms with E-state index in [9.17, 15) is 35.2 Å². The lowest BCUT2D eigenvalue weighted by molar-refractivity contribution is -0.0943. The third-order valence-electron chi connectivity index (χ3n) is 5.86. The van der Waals surface area contributed by atoms with Gasteiger partial charge in [-0.25, -0.2) is 25.3 Å². The zero-order valence-corrected chi connectivity index (χ0v) is 21.0. The number of carbonyl (C=O) groups excluding carboxylic acids is 1. The van der Waals surface area contributed by atoms with Gasteiger partial charge in [-0.3, -0.25) is 4.79 Å². The maximum Gasteiger partial charge on any atom is 0.256 e. The van der Waals surface area contributed by atoms with Crippen LogP contribution in [0.2, 0.25) is 0 Å². The van der Waals surface area contributed by atoms with Crippen LogP contribution in [0.1, 0.15) is 15.9 Å². The second-order valence-corrected chi connectivity index (χ2v) is 14.2. The van der Waals surface area contributed by atoms with Crippen LogP contribution in [0.4, 0.5) is 0 Å². The number of carbonyl (C=O) groups is 1. The van der Waals surface area contributed by atoms with Crippen LogP contribution in [0, 0.1) is 0 Å². The van der Waals surface area contributed by atoms with Crippen molar-refractivity contribution in [1.82, 2.24) is 17.8 Å². The molecule has 1 unspecified atom stereocenters. The highest BCUT2D eigenvalue weighted by atomic mass is 32.2. The molecule has 1 N–H and O–H groups in total. The van der Waals surface area contributed by atoms with Crippen molar-refractivity contribution in [3.8, 4) is 0 Å². The Hall–Kier alpha value is -1.62. The number of benzene rings is 1. The SMILES string of the molecule is CS(=O)(=O)N1CCN2C(=O)c3ccccc3C2(O)CN(S(C)(=O)=O)CCN(S(C)(=O)=O)CC1. The molecule has 2 aliphatic heterocycles. The standard InChI is InChI=1S/C18H28N4O8S3/c1-31(25,26)19-8-9-20(32(2,27)28)12-13-22-17(23)15-6-4-5-7-16(15)18(22,24)14-21(11-10-19)33(3,29)30/h4-7,24H,8-14H2,1-3H3. The lowest BCUT2D eigenvalue weighted by Gasteiger charge is -2.39. The van der Waals surface area contributed by atoms with Gasteiger partial charge in [0.25, 0.3) is 5.91 Å². The summed E-state index contributed by atoms with van der Waals surface area (Å²) in [5, 5.41) is 11.7. The van der Waals surface area contributed by atoms with E-state index in [2.05, 4.69) is 0 Å². The van der Waals surface area contributed by atoms with Crippen LogP contribution in [0.25, 0.3) is 0 Å². The molecule has 0 radical (unpaired) electrons. The number of hydrogen-bond donors (Lipinski definition) is 1. The molecule has 2 heterocycles. The first-order chi connectivity index (χ1) is 15.0. The molecule has 0 bridgehead atoms. The van der Waals surface area contributed by atoms with Gasteiger partial charge in [-0.05, 0) is 6.07 Å². The molecule has 0 saturated carbocycles. The largest absolute Gasteiger partial charge is 0.366 e. The highest BCUT2D eigenvalue weighted by Crippen LogP contribution is 2.38. The van der Waals surface area contributed by atoms with Crippen molar-refractivity contribution in [3.63, 3.8) is 0 Å². The quantitative estimate of drug-likeness (QED) is 0.481. The molecule has 186 valence electrons. The zero-order valence-electron chi connectivity index (χ0n) is 18.6. The molecule has 1 saturated heterocycles. The van der Waals surface area contributed by atoms with E-state index in [0.717, 1.165) is 36.6 Å². The van der Waals surface area contributed by atoms with Gasteiger partial charge in [-0.15, -0.1) is 0 Å². The van der Waals surface area contributed by atoms with Crippen molar-refractivity contribution >= 4 is 36.0 Å². The van der Waals surface area contributed by atoms with E-state index in [4.69, 9.17) is 0 Å². The molecular weight excluding hydrogens is 496 g/mol. The Morgan fingerprint density at radius 3 is 1.64 bits per heavy atom. The van der Waals surface area contributed by atoms with Crippen LogP contribution in [0.5, 0.6) is 0 Å². The van der Waals surface area contributed by atoms with Gasteiger partial charge in [0.1, 0.15) is 0 Å². The van der Waals surface area contributed by atoms with Crippen LogP contribution in [-0.2, 0) is 35.8 Å². The van der Waals surface area contributed by atoms with E-state index >= 15 is 0 Å². The average Bonchev–Trinajstić information content (AvgIpc) is 2.87. The first kappa shape index (κ1) is 26.0. The zero-order chi connectivity index (χ0) is 24.8. The summed E-state index contributed by atoms with van der Waals surface area (Å²) in [7, 11) is -11.5. The fraction of sp³-hybridized carbons (Fsp3) is 0.611. The molecule has 1 aromatic rings. The smallest absolute Gasteiger partial charge is 0.256 e. The molecule has 1 atom stereocenters. The second-order valence-electron chi connectivity index (χ2n) is 8.24. The number of fused-ring (bicyclic) bond motifs is 3. The molecule has 1 fully saturated rings. The summed E-state index contributed by atoms with van der Waals surface area (Å²) in [6.07, 6.45) is 2.86. The molecule has 0 aromatic heterocycles. The number of hydrogen-bond acceptors (Lipinski definition) is 8. The molecule has 33 heavy (non-hydrogen) atoms. The van der Waals surface area contributed by atoms with Gasteiger partial charge in [-0.1, -0.05) is 18.2 Å². The Labute approximate surface area is 194 Å². The Balaban J connectivity index is 2.11. The molecule has 2 aliphatic rings. The molecule has 0 aliphatic carbocycles.